The molecule has 5 heteroatoms. The molecule has 0 radical (unpaired) electrons. The van der Waals surface area contributed by atoms with Gasteiger partial charge in [0.15, 0.2) is 0 Å². The highest BCUT2D eigenvalue weighted by Crippen LogP contribution is 2.04. The topological polar surface area (TPSA) is 70.2 Å². The molecule has 3 N–H and O–H groups in total. The van der Waals surface area contributed by atoms with E-state index in [4.69, 9.17) is 0 Å². The van der Waals surface area contributed by atoms with Crippen molar-refractivity contribution in [2.24, 2.45) is 0 Å². The third kappa shape index (κ3) is 6.88. The molecule has 1 aromatic rings. The number of hydrogen-bond donors (Lipinski definition) is 3. The number of urea groups is 1. The Hall–Kier alpha value is -2.30. The van der Waals surface area contributed by atoms with E-state index in [-0.39, 0.29) is 6.03 Å². The van der Waals surface area contributed by atoms with Crippen molar-refractivity contribution >= 4 is 18.5 Å². The van der Waals surface area contributed by atoms with E-state index >= 15 is 0 Å². The van der Waals surface area contributed by atoms with Crippen molar-refractivity contribution in [3.05, 3.63) is 41.6 Å². The lowest BCUT2D eigenvalue weighted by atomic mass is 10.1. The van der Waals surface area contributed by atoms with E-state index in [1.165, 1.54) is 5.56 Å². The number of carbonyl (C=O) groups excluding carboxylic acids is 2. The van der Waals surface area contributed by atoms with Gasteiger partial charge in [-0.05, 0) is 25.0 Å². The quantitative estimate of drug-likeness (QED) is 0.513. The van der Waals surface area contributed by atoms with Crippen molar-refractivity contribution in [3.63, 3.8) is 0 Å². The summed E-state index contributed by atoms with van der Waals surface area (Å²) in [6, 6.07) is 7.73. The molecule has 0 bridgehead atoms. The fourth-order valence-electron chi connectivity index (χ4n) is 1.49. The van der Waals surface area contributed by atoms with Crippen LogP contribution >= 0.6 is 0 Å². The highest BCUT2D eigenvalue weighted by molar-refractivity contribution is 5.75. The van der Waals surface area contributed by atoms with Crippen LogP contribution in [-0.4, -0.2) is 25.5 Å². The van der Waals surface area contributed by atoms with Gasteiger partial charge in [-0.3, -0.25) is 4.79 Å². The molecule has 0 aromatic heterocycles. The van der Waals surface area contributed by atoms with Crippen LogP contribution in [-0.2, 0) is 4.79 Å². The monoisotopic (exact) mass is 261 g/mol. The number of hydrogen-bond acceptors (Lipinski definition) is 2. The van der Waals surface area contributed by atoms with Crippen molar-refractivity contribution < 1.29 is 9.59 Å². The van der Waals surface area contributed by atoms with E-state index in [1.54, 1.807) is 6.20 Å². The van der Waals surface area contributed by atoms with E-state index in [0.29, 0.717) is 25.9 Å². The van der Waals surface area contributed by atoms with Gasteiger partial charge in [0.05, 0.1) is 0 Å². The predicted molar refractivity (Wildman–Crippen MR) is 75.4 cm³/mol. The second-order valence-corrected chi connectivity index (χ2v) is 4.07. The maximum absolute atomic E-state index is 11.4. The minimum absolute atomic E-state index is 0.255. The SMILES string of the molecule is Cc1cccc(/C=C/NC(=O)NCCCNC=O)c1. The molecule has 0 fully saturated rings. The van der Waals surface area contributed by atoms with E-state index in [1.807, 2.05) is 37.3 Å². The zero-order chi connectivity index (χ0) is 13.9. The number of nitrogens with one attached hydrogen (secondary N) is 3. The van der Waals surface area contributed by atoms with Gasteiger partial charge in [-0.1, -0.05) is 29.8 Å². The minimum Gasteiger partial charge on any atom is -0.359 e. The van der Waals surface area contributed by atoms with Gasteiger partial charge in [-0.25, -0.2) is 4.79 Å². The Kier molecular flexibility index (Phi) is 6.79. The van der Waals surface area contributed by atoms with E-state index < -0.39 is 0 Å². The van der Waals surface area contributed by atoms with Crippen molar-refractivity contribution in [1.29, 1.82) is 0 Å². The molecule has 0 saturated heterocycles. The van der Waals surface area contributed by atoms with Crippen molar-refractivity contribution in [3.8, 4) is 0 Å². The lowest BCUT2D eigenvalue weighted by Crippen LogP contribution is -2.33. The molecule has 1 rings (SSSR count). The molecule has 0 saturated carbocycles. The Labute approximate surface area is 113 Å². The average molecular weight is 261 g/mol. The van der Waals surface area contributed by atoms with E-state index in [9.17, 15) is 9.59 Å². The summed E-state index contributed by atoms with van der Waals surface area (Å²) in [5.74, 6) is 0. The number of amides is 3. The number of benzene rings is 1. The second-order valence-electron chi connectivity index (χ2n) is 4.07. The van der Waals surface area contributed by atoms with Crippen LogP contribution in [0.4, 0.5) is 4.79 Å². The highest BCUT2D eigenvalue weighted by Gasteiger charge is 1.95. The van der Waals surface area contributed by atoms with Gasteiger partial charge in [-0.2, -0.15) is 0 Å². The van der Waals surface area contributed by atoms with Crippen LogP contribution in [0.1, 0.15) is 17.5 Å². The smallest absolute Gasteiger partial charge is 0.318 e. The Balaban J connectivity index is 2.20. The summed E-state index contributed by atoms with van der Waals surface area (Å²) in [6.45, 7) is 3.10. The third-order valence-corrected chi connectivity index (χ3v) is 2.40. The first-order valence-electron chi connectivity index (χ1n) is 6.17. The molecule has 5 nitrogen and oxygen atoms in total. The zero-order valence-corrected chi connectivity index (χ0v) is 11.0. The van der Waals surface area contributed by atoms with Gasteiger partial charge in [-0.15, -0.1) is 0 Å². The van der Waals surface area contributed by atoms with Crippen LogP contribution < -0.4 is 16.0 Å². The first kappa shape index (κ1) is 14.8. The predicted octanol–water partition coefficient (Wildman–Crippen LogP) is 1.40. The molecule has 102 valence electrons. The van der Waals surface area contributed by atoms with Crippen LogP contribution in [0.2, 0.25) is 0 Å². The summed E-state index contributed by atoms with van der Waals surface area (Å²) >= 11 is 0. The van der Waals surface area contributed by atoms with Gasteiger partial charge in [0, 0.05) is 19.3 Å². The fourth-order valence-corrected chi connectivity index (χ4v) is 1.49. The summed E-state index contributed by atoms with van der Waals surface area (Å²) in [6.07, 6.45) is 4.78. The zero-order valence-electron chi connectivity index (χ0n) is 11.0. The van der Waals surface area contributed by atoms with Gasteiger partial charge in [0.25, 0.3) is 0 Å². The molecular formula is C14H19N3O2. The molecule has 19 heavy (non-hydrogen) atoms. The maximum atomic E-state index is 11.4. The van der Waals surface area contributed by atoms with Crippen molar-refractivity contribution in [2.75, 3.05) is 13.1 Å². The molecule has 0 atom stereocenters. The summed E-state index contributed by atoms with van der Waals surface area (Å²) < 4.78 is 0. The Bertz CT molecular complexity index is 444. The van der Waals surface area contributed by atoms with E-state index in [2.05, 4.69) is 16.0 Å². The van der Waals surface area contributed by atoms with Crippen LogP contribution in [0.15, 0.2) is 30.5 Å². The average Bonchev–Trinajstić information content (AvgIpc) is 2.38. The maximum Gasteiger partial charge on any atom is 0.318 e. The summed E-state index contributed by atoms with van der Waals surface area (Å²) in [5.41, 5.74) is 2.21. The van der Waals surface area contributed by atoms with Gasteiger partial charge in [0.1, 0.15) is 0 Å². The summed E-state index contributed by atoms with van der Waals surface area (Å²) in [5, 5.41) is 7.83. The molecule has 0 aliphatic heterocycles. The van der Waals surface area contributed by atoms with Crippen molar-refractivity contribution in [1.82, 2.24) is 16.0 Å². The normalized spacial score (nSPS) is 10.2. The van der Waals surface area contributed by atoms with E-state index in [0.717, 1.165) is 5.56 Å². The Morgan fingerprint density at radius 2 is 2.16 bits per heavy atom. The first-order valence-corrected chi connectivity index (χ1v) is 6.17. The largest absolute Gasteiger partial charge is 0.359 e. The minimum atomic E-state index is -0.255. The molecule has 0 spiro atoms. The standard InChI is InChI=1S/C14H19N3O2/c1-12-4-2-5-13(10-12)6-9-17-14(19)16-8-3-7-15-11-18/h2,4-6,9-11H,3,7-8H2,1H3,(H,15,18)(H2,16,17,19)/b9-6+. The second kappa shape index (κ2) is 8.74. The van der Waals surface area contributed by atoms with Crippen LogP contribution in [0.5, 0.6) is 0 Å². The van der Waals surface area contributed by atoms with Gasteiger partial charge in [0.2, 0.25) is 6.41 Å². The molecule has 0 aliphatic rings. The molecule has 3 amide bonds. The lowest BCUT2D eigenvalue weighted by Gasteiger charge is -2.04. The number of aryl methyl sites for hydroxylation is 1. The summed E-state index contributed by atoms with van der Waals surface area (Å²) in [4.78, 5) is 21.4. The third-order valence-electron chi connectivity index (χ3n) is 2.40. The molecule has 0 unspecified atom stereocenters. The lowest BCUT2D eigenvalue weighted by molar-refractivity contribution is -0.109. The van der Waals surface area contributed by atoms with Crippen LogP contribution in [0.3, 0.4) is 0 Å². The molecular weight excluding hydrogens is 242 g/mol. The van der Waals surface area contributed by atoms with Gasteiger partial charge < -0.3 is 16.0 Å². The Morgan fingerprint density at radius 1 is 1.32 bits per heavy atom. The van der Waals surface area contributed by atoms with Gasteiger partial charge >= 0.3 is 6.03 Å². The fraction of sp³-hybridized carbons (Fsp3) is 0.286. The molecule has 0 aliphatic carbocycles. The van der Waals surface area contributed by atoms with Crippen molar-refractivity contribution in [2.45, 2.75) is 13.3 Å². The Morgan fingerprint density at radius 3 is 2.89 bits per heavy atom. The number of rotatable bonds is 7. The molecule has 1 aromatic carbocycles. The van der Waals surface area contributed by atoms with Crippen LogP contribution in [0.25, 0.3) is 6.08 Å². The first-order chi connectivity index (χ1) is 9.22. The number of carbonyl (C=O) groups is 2. The summed E-state index contributed by atoms with van der Waals surface area (Å²) in [7, 11) is 0. The molecule has 0 heterocycles. The van der Waals surface area contributed by atoms with Crippen LogP contribution in [0, 0.1) is 6.92 Å². The highest BCUT2D eigenvalue weighted by atomic mass is 16.2.